The van der Waals surface area contributed by atoms with Crippen molar-refractivity contribution in [1.29, 1.82) is 0 Å². The molecule has 0 N–H and O–H groups in total. The zero-order chi connectivity index (χ0) is 17.1. The third-order valence-electron chi connectivity index (χ3n) is 4.65. The van der Waals surface area contributed by atoms with E-state index < -0.39 is 0 Å². The molecule has 0 radical (unpaired) electrons. The van der Waals surface area contributed by atoms with E-state index in [-0.39, 0.29) is 11.8 Å². The summed E-state index contributed by atoms with van der Waals surface area (Å²) < 4.78 is 0. The molecule has 1 unspecified atom stereocenters. The maximum Gasteiger partial charge on any atom is 0.226 e. The van der Waals surface area contributed by atoms with Gasteiger partial charge in [0.05, 0.1) is 0 Å². The number of carbonyl (C=O) groups is 1. The first-order valence-electron chi connectivity index (χ1n) is 8.32. The number of halogens is 2. The van der Waals surface area contributed by atoms with Crippen molar-refractivity contribution in [2.24, 2.45) is 5.92 Å². The van der Waals surface area contributed by atoms with E-state index in [1.165, 1.54) is 11.1 Å². The predicted octanol–water partition coefficient (Wildman–Crippen LogP) is 5.28. The minimum Gasteiger partial charge on any atom is -0.338 e. The molecule has 1 saturated heterocycles. The SMILES string of the molecule is Cc1ccc(CN2CCCC(Cc3c(Cl)cccc3Cl)C2=O)cc1. The fourth-order valence-electron chi connectivity index (χ4n) is 3.25. The second-order valence-corrected chi connectivity index (χ2v) is 7.30. The molecule has 0 saturated carbocycles. The number of piperidine rings is 1. The lowest BCUT2D eigenvalue weighted by Gasteiger charge is -2.32. The molecule has 0 bridgehead atoms. The van der Waals surface area contributed by atoms with Gasteiger partial charge in [-0.1, -0.05) is 59.1 Å². The second-order valence-electron chi connectivity index (χ2n) is 6.49. The Morgan fingerprint density at radius 3 is 2.42 bits per heavy atom. The van der Waals surface area contributed by atoms with Crippen LogP contribution in [0.4, 0.5) is 0 Å². The summed E-state index contributed by atoms with van der Waals surface area (Å²) in [6.45, 7) is 3.56. The molecule has 2 aromatic carbocycles. The first-order chi connectivity index (χ1) is 11.5. The van der Waals surface area contributed by atoms with Crippen molar-refractivity contribution in [1.82, 2.24) is 4.90 Å². The first-order valence-corrected chi connectivity index (χ1v) is 9.07. The van der Waals surface area contributed by atoms with Crippen molar-refractivity contribution < 1.29 is 4.79 Å². The van der Waals surface area contributed by atoms with Gasteiger partial charge < -0.3 is 4.90 Å². The summed E-state index contributed by atoms with van der Waals surface area (Å²) in [5, 5.41) is 1.29. The van der Waals surface area contributed by atoms with E-state index in [2.05, 4.69) is 31.2 Å². The summed E-state index contributed by atoms with van der Waals surface area (Å²) >= 11 is 12.5. The Balaban J connectivity index is 1.72. The first kappa shape index (κ1) is 17.3. The van der Waals surface area contributed by atoms with E-state index in [4.69, 9.17) is 23.2 Å². The van der Waals surface area contributed by atoms with E-state index in [1.807, 2.05) is 23.1 Å². The molecule has 1 aliphatic rings. The third kappa shape index (κ3) is 3.93. The molecule has 24 heavy (non-hydrogen) atoms. The molecule has 0 aliphatic carbocycles. The Hall–Kier alpha value is -1.51. The van der Waals surface area contributed by atoms with Gasteiger partial charge in [-0.2, -0.15) is 0 Å². The summed E-state index contributed by atoms with van der Waals surface area (Å²) in [4.78, 5) is 14.8. The normalized spacial score (nSPS) is 18.0. The Bertz CT molecular complexity index is 707. The molecule has 1 atom stereocenters. The highest BCUT2D eigenvalue weighted by atomic mass is 35.5. The molecule has 1 heterocycles. The zero-order valence-corrected chi connectivity index (χ0v) is 15.3. The number of rotatable bonds is 4. The summed E-state index contributed by atoms with van der Waals surface area (Å²) in [5.74, 6) is 0.166. The molecule has 4 heteroatoms. The summed E-state index contributed by atoms with van der Waals surface area (Å²) in [5.41, 5.74) is 3.29. The number of aryl methyl sites for hydroxylation is 1. The van der Waals surface area contributed by atoms with Crippen molar-refractivity contribution >= 4 is 29.1 Å². The van der Waals surface area contributed by atoms with E-state index in [1.54, 1.807) is 0 Å². The average molecular weight is 362 g/mol. The van der Waals surface area contributed by atoms with Crippen LogP contribution in [0, 0.1) is 12.8 Å². The smallest absolute Gasteiger partial charge is 0.226 e. The van der Waals surface area contributed by atoms with Crippen LogP contribution in [0.5, 0.6) is 0 Å². The summed E-state index contributed by atoms with van der Waals surface area (Å²) in [7, 11) is 0. The maximum atomic E-state index is 12.9. The second kappa shape index (κ2) is 7.58. The Morgan fingerprint density at radius 2 is 1.75 bits per heavy atom. The minimum atomic E-state index is -0.0402. The third-order valence-corrected chi connectivity index (χ3v) is 5.36. The van der Waals surface area contributed by atoms with E-state index in [9.17, 15) is 4.79 Å². The molecule has 0 aromatic heterocycles. The number of carbonyl (C=O) groups excluding carboxylic acids is 1. The van der Waals surface area contributed by atoms with Gasteiger partial charge in [-0.3, -0.25) is 4.79 Å². The van der Waals surface area contributed by atoms with Gasteiger partial charge in [0.15, 0.2) is 0 Å². The molecule has 0 spiro atoms. The fourth-order valence-corrected chi connectivity index (χ4v) is 3.81. The van der Waals surface area contributed by atoms with Gasteiger partial charge in [-0.05, 0) is 49.4 Å². The van der Waals surface area contributed by atoms with Gasteiger partial charge in [-0.25, -0.2) is 0 Å². The van der Waals surface area contributed by atoms with Crippen LogP contribution in [0.3, 0.4) is 0 Å². The highest BCUT2D eigenvalue weighted by Gasteiger charge is 2.29. The van der Waals surface area contributed by atoms with Crippen molar-refractivity contribution in [2.75, 3.05) is 6.54 Å². The van der Waals surface area contributed by atoms with Crippen molar-refractivity contribution in [3.05, 3.63) is 69.2 Å². The predicted molar refractivity (Wildman–Crippen MR) is 99.5 cm³/mol. The Kier molecular flexibility index (Phi) is 5.47. The molecule has 1 fully saturated rings. The van der Waals surface area contributed by atoms with Crippen LogP contribution in [0.15, 0.2) is 42.5 Å². The van der Waals surface area contributed by atoms with Gasteiger partial charge in [0, 0.05) is 29.1 Å². The number of hydrogen-bond donors (Lipinski definition) is 0. The standard InChI is InChI=1S/C20H21Cl2NO/c1-14-7-9-15(10-8-14)13-23-11-3-4-16(20(23)24)12-17-18(21)5-2-6-19(17)22/h2,5-10,16H,3-4,11-13H2,1H3. The van der Waals surface area contributed by atoms with E-state index in [0.29, 0.717) is 23.0 Å². The molecular formula is C20H21Cl2NO. The summed E-state index contributed by atoms with van der Waals surface area (Å²) in [6, 6.07) is 13.9. The van der Waals surface area contributed by atoms with Gasteiger partial charge >= 0.3 is 0 Å². The summed E-state index contributed by atoms with van der Waals surface area (Å²) in [6.07, 6.45) is 2.52. The molecule has 126 valence electrons. The highest BCUT2D eigenvalue weighted by Crippen LogP contribution is 2.31. The van der Waals surface area contributed by atoms with Gasteiger partial charge in [0.25, 0.3) is 0 Å². The lowest BCUT2D eigenvalue weighted by molar-refractivity contribution is -0.139. The van der Waals surface area contributed by atoms with E-state index in [0.717, 1.165) is 24.9 Å². The van der Waals surface area contributed by atoms with Crippen LogP contribution in [0.25, 0.3) is 0 Å². The van der Waals surface area contributed by atoms with Crippen LogP contribution < -0.4 is 0 Å². The average Bonchev–Trinajstić information content (AvgIpc) is 2.56. The molecule has 1 amide bonds. The van der Waals surface area contributed by atoms with Crippen LogP contribution in [-0.2, 0) is 17.8 Å². The zero-order valence-electron chi connectivity index (χ0n) is 13.8. The molecule has 3 rings (SSSR count). The van der Waals surface area contributed by atoms with Crippen molar-refractivity contribution in [2.45, 2.75) is 32.7 Å². The molecular weight excluding hydrogens is 341 g/mol. The lowest BCUT2D eigenvalue weighted by atomic mass is 9.90. The van der Waals surface area contributed by atoms with Crippen LogP contribution >= 0.6 is 23.2 Å². The number of likely N-dealkylation sites (tertiary alicyclic amines) is 1. The monoisotopic (exact) mass is 361 g/mol. The highest BCUT2D eigenvalue weighted by molar-refractivity contribution is 6.36. The quantitative estimate of drug-likeness (QED) is 0.724. The number of amides is 1. The minimum absolute atomic E-state index is 0.0402. The van der Waals surface area contributed by atoms with Crippen LogP contribution in [-0.4, -0.2) is 17.4 Å². The van der Waals surface area contributed by atoms with Gasteiger partial charge in [0.2, 0.25) is 5.91 Å². The Labute approximate surface area is 153 Å². The molecule has 2 aromatic rings. The fraction of sp³-hybridized carbons (Fsp3) is 0.350. The largest absolute Gasteiger partial charge is 0.338 e. The van der Waals surface area contributed by atoms with Gasteiger partial charge in [0.1, 0.15) is 0 Å². The van der Waals surface area contributed by atoms with Crippen molar-refractivity contribution in [3.8, 4) is 0 Å². The molecule has 1 aliphatic heterocycles. The number of benzene rings is 2. The number of hydrogen-bond acceptors (Lipinski definition) is 1. The number of nitrogens with zero attached hydrogens (tertiary/aromatic N) is 1. The lowest BCUT2D eigenvalue weighted by Crippen LogP contribution is -2.41. The van der Waals surface area contributed by atoms with Crippen LogP contribution in [0.1, 0.15) is 29.5 Å². The maximum absolute atomic E-state index is 12.9. The van der Waals surface area contributed by atoms with Gasteiger partial charge in [-0.15, -0.1) is 0 Å². The van der Waals surface area contributed by atoms with Crippen LogP contribution in [0.2, 0.25) is 10.0 Å². The molecule has 2 nitrogen and oxygen atoms in total. The van der Waals surface area contributed by atoms with Crippen molar-refractivity contribution in [3.63, 3.8) is 0 Å². The topological polar surface area (TPSA) is 20.3 Å². The van der Waals surface area contributed by atoms with E-state index >= 15 is 0 Å². The Morgan fingerprint density at radius 1 is 1.08 bits per heavy atom.